The standard InChI is InChI=1S/C20H11BrN2O5/c21-15-7-3-1-5-13(15)19-22-16(20(24)28-19)11-12-9-10-18(27-12)14-6-2-4-8-17(14)23(25)26/h1-11H/b16-11-. The monoisotopic (exact) mass is 438 g/mol. The molecule has 0 spiro atoms. The minimum absolute atomic E-state index is 0.0643. The maximum atomic E-state index is 12.1. The van der Waals surface area contributed by atoms with E-state index in [1.807, 2.05) is 18.2 Å². The number of carbonyl (C=O) groups excluding carboxylic acids is 1. The predicted molar refractivity (Wildman–Crippen MR) is 106 cm³/mol. The second-order valence-electron chi connectivity index (χ2n) is 5.79. The lowest BCUT2D eigenvalue weighted by molar-refractivity contribution is -0.384. The van der Waals surface area contributed by atoms with Crippen LogP contribution in [0.4, 0.5) is 5.69 Å². The van der Waals surface area contributed by atoms with Crippen LogP contribution in [-0.2, 0) is 9.53 Å². The lowest BCUT2D eigenvalue weighted by Gasteiger charge is -2.01. The van der Waals surface area contributed by atoms with Crippen LogP contribution in [0, 0.1) is 10.1 Å². The van der Waals surface area contributed by atoms with Crippen LogP contribution in [0.3, 0.4) is 0 Å². The van der Waals surface area contributed by atoms with E-state index in [4.69, 9.17) is 9.15 Å². The van der Waals surface area contributed by atoms with E-state index in [1.165, 1.54) is 12.1 Å². The Balaban J connectivity index is 1.67. The highest BCUT2D eigenvalue weighted by molar-refractivity contribution is 9.10. The fourth-order valence-electron chi connectivity index (χ4n) is 2.71. The summed E-state index contributed by atoms with van der Waals surface area (Å²) in [5.41, 5.74) is 1.02. The van der Waals surface area contributed by atoms with Crippen molar-refractivity contribution in [1.29, 1.82) is 0 Å². The van der Waals surface area contributed by atoms with Gasteiger partial charge in [0, 0.05) is 16.6 Å². The molecule has 7 nitrogen and oxygen atoms in total. The van der Waals surface area contributed by atoms with Gasteiger partial charge in [0.05, 0.1) is 16.1 Å². The molecule has 0 amide bonds. The summed E-state index contributed by atoms with van der Waals surface area (Å²) in [6.45, 7) is 0. The zero-order valence-corrected chi connectivity index (χ0v) is 15.8. The Morgan fingerprint density at radius 2 is 1.71 bits per heavy atom. The molecule has 0 fully saturated rings. The maximum Gasteiger partial charge on any atom is 0.363 e. The Morgan fingerprint density at radius 3 is 2.46 bits per heavy atom. The largest absolute Gasteiger partial charge is 0.456 e. The van der Waals surface area contributed by atoms with Crippen LogP contribution >= 0.6 is 15.9 Å². The van der Waals surface area contributed by atoms with E-state index >= 15 is 0 Å². The third-order valence-corrected chi connectivity index (χ3v) is 4.69. The molecule has 138 valence electrons. The van der Waals surface area contributed by atoms with Crippen molar-refractivity contribution < 1.29 is 18.9 Å². The van der Waals surface area contributed by atoms with Gasteiger partial charge in [0.1, 0.15) is 11.5 Å². The SMILES string of the molecule is O=C1OC(c2ccccc2Br)=N/C1=C\c1ccc(-c2ccccc2[N+](=O)[O-])o1. The van der Waals surface area contributed by atoms with Gasteiger partial charge in [0.25, 0.3) is 5.69 Å². The van der Waals surface area contributed by atoms with Gasteiger partial charge in [0.15, 0.2) is 5.70 Å². The van der Waals surface area contributed by atoms with Gasteiger partial charge in [-0.3, -0.25) is 10.1 Å². The Bertz CT molecular complexity index is 1160. The number of para-hydroxylation sites is 1. The molecule has 0 saturated heterocycles. The number of nitro benzene ring substituents is 1. The topological polar surface area (TPSA) is 94.9 Å². The number of nitrogens with zero attached hydrogens (tertiary/aromatic N) is 2. The van der Waals surface area contributed by atoms with E-state index in [9.17, 15) is 14.9 Å². The molecular weight excluding hydrogens is 428 g/mol. The third kappa shape index (κ3) is 3.37. The van der Waals surface area contributed by atoms with Gasteiger partial charge in [-0.15, -0.1) is 0 Å². The first-order chi connectivity index (χ1) is 13.5. The molecule has 1 aliphatic rings. The molecule has 0 unspecified atom stereocenters. The first-order valence-electron chi connectivity index (χ1n) is 8.14. The quantitative estimate of drug-likeness (QED) is 0.248. The highest BCUT2D eigenvalue weighted by Crippen LogP contribution is 2.32. The summed E-state index contributed by atoms with van der Waals surface area (Å²) in [6, 6.07) is 16.7. The summed E-state index contributed by atoms with van der Waals surface area (Å²) in [7, 11) is 0. The molecule has 0 bridgehead atoms. The highest BCUT2D eigenvalue weighted by Gasteiger charge is 2.26. The molecule has 0 N–H and O–H groups in total. The van der Waals surface area contributed by atoms with Gasteiger partial charge in [-0.2, -0.15) is 0 Å². The number of ether oxygens (including phenoxy) is 1. The van der Waals surface area contributed by atoms with Crippen molar-refractivity contribution in [3.8, 4) is 11.3 Å². The zero-order valence-electron chi connectivity index (χ0n) is 14.2. The predicted octanol–water partition coefficient (Wildman–Crippen LogP) is 4.96. The van der Waals surface area contributed by atoms with Crippen molar-refractivity contribution in [3.63, 3.8) is 0 Å². The van der Waals surface area contributed by atoms with Gasteiger partial charge >= 0.3 is 5.97 Å². The van der Waals surface area contributed by atoms with Crippen LogP contribution in [0.1, 0.15) is 11.3 Å². The van der Waals surface area contributed by atoms with Crippen molar-refractivity contribution in [2.75, 3.05) is 0 Å². The number of carbonyl (C=O) groups is 1. The number of cyclic esters (lactones) is 1. The maximum absolute atomic E-state index is 12.1. The second kappa shape index (κ2) is 7.24. The number of furan rings is 1. The number of benzene rings is 2. The number of halogens is 1. The summed E-state index contributed by atoms with van der Waals surface area (Å²) in [6.07, 6.45) is 1.43. The molecule has 1 aromatic heterocycles. The molecule has 0 atom stereocenters. The number of rotatable bonds is 4. The van der Waals surface area contributed by atoms with Crippen LogP contribution in [0.5, 0.6) is 0 Å². The number of hydrogen-bond acceptors (Lipinski definition) is 6. The normalized spacial score (nSPS) is 14.8. The summed E-state index contributed by atoms with van der Waals surface area (Å²) in [4.78, 5) is 27.1. The second-order valence-corrected chi connectivity index (χ2v) is 6.65. The minimum atomic E-state index is -0.602. The van der Waals surface area contributed by atoms with E-state index < -0.39 is 10.9 Å². The molecule has 28 heavy (non-hydrogen) atoms. The summed E-state index contributed by atoms with van der Waals surface area (Å²) in [5, 5.41) is 11.2. The van der Waals surface area contributed by atoms with E-state index in [-0.39, 0.29) is 17.3 Å². The van der Waals surface area contributed by atoms with Gasteiger partial charge in [0.2, 0.25) is 5.90 Å². The van der Waals surface area contributed by atoms with E-state index in [0.29, 0.717) is 22.6 Å². The van der Waals surface area contributed by atoms with Crippen LogP contribution in [0.25, 0.3) is 17.4 Å². The van der Waals surface area contributed by atoms with Crippen LogP contribution in [0.15, 0.2) is 80.2 Å². The van der Waals surface area contributed by atoms with Crippen LogP contribution < -0.4 is 0 Å². The summed E-state index contributed by atoms with van der Waals surface area (Å²) in [5.74, 6) is 0.237. The molecule has 4 rings (SSSR count). The molecular formula is C20H11BrN2O5. The van der Waals surface area contributed by atoms with Crippen molar-refractivity contribution in [2.24, 2.45) is 4.99 Å². The first kappa shape index (κ1) is 17.9. The van der Waals surface area contributed by atoms with Gasteiger partial charge in [-0.25, -0.2) is 9.79 Å². The number of hydrogen-bond donors (Lipinski definition) is 0. The van der Waals surface area contributed by atoms with Crippen LogP contribution in [-0.4, -0.2) is 16.8 Å². The lowest BCUT2D eigenvalue weighted by Crippen LogP contribution is -2.05. The Kier molecular flexibility index (Phi) is 4.62. The smallest absolute Gasteiger partial charge is 0.363 e. The van der Waals surface area contributed by atoms with Crippen molar-refractivity contribution in [2.45, 2.75) is 0 Å². The average molecular weight is 439 g/mol. The first-order valence-corrected chi connectivity index (χ1v) is 8.93. The molecule has 3 aromatic rings. The lowest BCUT2D eigenvalue weighted by atomic mass is 10.1. The van der Waals surface area contributed by atoms with Crippen molar-refractivity contribution in [1.82, 2.24) is 0 Å². The zero-order chi connectivity index (χ0) is 19.7. The Morgan fingerprint density at radius 1 is 1.00 bits per heavy atom. The van der Waals surface area contributed by atoms with E-state index in [0.717, 1.165) is 4.47 Å². The van der Waals surface area contributed by atoms with Crippen molar-refractivity contribution in [3.05, 3.63) is 92.3 Å². The molecule has 0 radical (unpaired) electrons. The molecule has 0 aliphatic carbocycles. The third-order valence-electron chi connectivity index (χ3n) is 4.00. The summed E-state index contributed by atoms with van der Waals surface area (Å²) >= 11 is 3.40. The average Bonchev–Trinajstić information content (AvgIpc) is 3.29. The molecule has 2 aromatic carbocycles. The van der Waals surface area contributed by atoms with E-state index in [2.05, 4.69) is 20.9 Å². The Hall–Kier alpha value is -3.52. The number of aliphatic imine (C=N–C) groups is 1. The number of esters is 1. The molecule has 8 heteroatoms. The fraction of sp³-hybridized carbons (Fsp3) is 0. The summed E-state index contributed by atoms with van der Waals surface area (Å²) < 4.78 is 11.7. The number of nitro groups is 1. The van der Waals surface area contributed by atoms with Gasteiger partial charge in [-0.05, 0) is 46.3 Å². The van der Waals surface area contributed by atoms with E-state index in [1.54, 1.807) is 36.4 Å². The van der Waals surface area contributed by atoms with Gasteiger partial charge < -0.3 is 9.15 Å². The molecule has 2 heterocycles. The highest BCUT2D eigenvalue weighted by atomic mass is 79.9. The van der Waals surface area contributed by atoms with Crippen LogP contribution in [0.2, 0.25) is 0 Å². The fourth-order valence-corrected chi connectivity index (χ4v) is 3.16. The van der Waals surface area contributed by atoms with Crippen molar-refractivity contribution >= 4 is 39.6 Å². The molecule has 1 aliphatic heterocycles. The minimum Gasteiger partial charge on any atom is -0.456 e. The molecule has 0 saturated carbocycles. The Labute approximate surface area is 167 Å². The van der Waals surface area contributed by atoms with Gasteiger partial charge in [-0.1, -0.05) is 24.3 Å².